The number of hydrogen-bond acceptors (Lipinski definition) is 2. The molecule has 3 nitrogen and oxygen atoms in total. The summed E-state index contributed by atoms with van der Waals surface area (Å²) in [4.78, 5) is 10.3. The molecule has 1 aliphatic carbocycles. The third-order valence-corrected chi connectivity index (χ3v) is 3.34. The monoisotopic (exact) mass is 213 g/mol. The standard InChI is InChI=1S/C12H23NO2/c1-12(2)7-5-10(6-8-12)13-9-3-4-11(14)15/h10,13H,3-9H2,1-2H3,(H,14,15). The quantitative estimate of drug-likeness (QED) is 0.689. The van der Waals surface area contributed by atoms with E-state index in [4.69, 9.17) is 5.11 Å². The van der Waals surface area contributed by atoms with Crippen molar-refractivity contribution in [3.63, 3.8) is 0 Å². The molecule has 0 spiro atoms. The van der Waals surface area contributed by atoms with Crippen LogP contribution in [0.15, 0.2) is 0 Å². The summed E-state index contributed by atoms with van der Waals surface area (Å²) in [6.45, 7) is 5.50. The van der Waals surface area contributed by atoms with Gasteiger partial charge in [0.25, 0.3) is 0 Å². The van der Waals surface area contributed by atoms with E-state index in [1.54, 1.807) is 0 Å². The molecule has 1 fully saturated rings. The maximum absolute atomic E-state index is 10.3. The predicted octanol–water partition coefficient (Wildman–Crippen LogP) is 2.41. The highest BCUT2D eigenvalue weighted by Gasteiger charge is 2.26. The van der Waals surface area contributed by atoms with E-state index in [2.05, 4.69) is 19.2 Å². The summed E-state index contributed by atoms with van der Waals surface area (Å²) in [5, 5.41) is 11.9. The Morgan fingerprint density at radius 2 is 2.00 bits per heavy atom. The summed E-state index contributed by atoms with van der Waals surface area (Å²) in [6.07, 6.45) is 6.06. The lowest BCUT2D eigenvalue weighted by molar-refractivity contribution is -0.137. The molecule has 0 atom stereocenters. The minimum absolute atomic E-state index is 0.283. The highest BCUT2D eigenvalue weighted by molar-refractivity contribution is 5.66. The molecule has 0 amide bonds. The fourth-order valence-electron chi connectivity index (χ4n) is 2.15. The van der Waals surface area contributed by atoms with Crippen LogP contribution in [0.2, 0.25) is 0 Å². The number of nitrogens with one attached hydrogen (secondary N) is 1. The molecule has 0 aromatic heterocycles. The number of carboxylic acids is 1. The van der Waals surface area contributed by atoms with Gasteiger partial charge in [0.05, 0.1) is 0 Å². The summed E-state index contributed by atoms with van der Waals surface area (Å²) in [5.74, 6) is -0.693. The van der Waals surface area contributed by atoms with Crippen molar-refractivity contribution in [3.8, 4) is 0 Å². The molecule has 2 N–H and O–H groups in total. The predicted molar refractivity (Wildman–Crippen MR) is 60.9 cm³/mol. The molecule has 3 heteroatoms. The smallest absolute Gasteiger partial charge is 0.303 e. The Morgan fingerprint density at radius 3 is 2.53 bits per heavy atom. The van der Waals surface area contributed by atoms with Crippen molar-refractivity contribution < 1.29 is 9.90 Å². The van der Waals surface area contributed by atoms with Crippen LogP contribution in [0.4, 0.5) is 0 Å². The summed E-state index contributed by atoms with van der Waals surface area (Å²) in [6, 6.07) is 0.617. The Morgan fingerprint density at radius 1 is 1.40 bits per heavy atom. The number of aliphatic carboxylic acids is 1. The first kappa shape index (κ1) is 12.5. The number of carboxylic acid groups (broad SMARTS) is 1. The molecule has 0 unspecified atom stereocenters. The molecule has 0 aromatic carbocycles. The second-order valence-electron chi connectivity index (χ2n) is 5.39. The normalized spacial score (nSPS) is 21.5. The zero-order valence-electron chi connectivity index (χ0n) is 9.88. The lowest BCUT2D eigenvalue weighted by atomic mass is 9.75. The molecule has 1 saturated carbocycles. The van der Waals surface area contributed by atoms with Crippen LogP contribution < -0.4 is 5.32 Å². The first-order valence-corrected chi connectivity index (χ1v) is 5.95. The van der Waals surface area contributed by atoms with Crippen LogP contribution >= 0.6 is 0 Å². The highest BCUT2D eigenvalue weighted by Crippen LogP contribution is 2.34. The van der Waals surface area contributed by atoms with E-state index < -0.39 is 5.97 Å². The Bertz CT molecular complexity index is 204. The molecule has 0 radical (unpaired) electrons. The van der Waals surface area contributed by atoms with E-state index in [1.807, 2.05) is 0 Å². The molecule has 0 heterocycles. The molecular formula is C12H23NO2. The van der Waals surface area contributed by atoms with Gasteiger partial charge in [-0.2, -0.15) is 0 Å². The summed E-state index contributed by atoms with van der Waals surface area (Å²) in [7, 11) is 0. The third-order valence-electron chi connectivity index (χ3n) is 3.34. The molecule has 1 rings (SSSR count). The zero-order chi connectivity index (χ0) is 11.3. The first-order valence-electron chi connectivity index (χ1n) is 5.95. The van der Waals surface area contributed by atoms with Crippen molar-refractivity contribution in [2.75, 3.05) is 6.54 Å². The Balaban J connectivity index is 2.06. The van der Waals surface area contributed by atoms with Gasteiger partial charge in [-0.05, 0) is 44.1 Å². The van der Waals surface area contributed by atoms with Crippen LogP contribution in [0.25, 0.3) is 0 Å². The SMILES string of the molecule is CC1(C)CCC(NCCCC(=O)O)CC1. The van der Waals surface area contributed by atoms with Gasteiger partial charge < -0.3 is 10.4 Å². The zero-order valence-corrected chi connectivity index (χ0v) is 9.88. The molecule has 0 saturated heterocycles. The Labute approximate surface area is 92.3 Å². The molecule has 0 aromatic rings. The number of rotatable bonds is 5. The molecular weight excluding hydrogens is 190 g/mol. The summed E-state index contributed by atoms with van der Waals surface area (Å²) >= 11 is 0. The van der Waals surface area contributed by atoms with Crippen LogP contribution in [0, 0.1) is 5.41 Å². The van der Waals surface area contributed by atoms with Crippen LogP contribution in [0.1, 0.15) is 52.4 Å². The molecule has 15 heavy (non-hydrogen) atoms. The van der Waals surface area contributed by atoms with Crippen molar-refractivity contribution in [2.45, 2.75) is 58.4 Å². The molecule has 0 aliphatic heterocycles. The average molecular weight is 213 g/mol. The highest BCUT2D eigenvalue weighted by atomic mass is 16.4. The molecule has 1 aliphatic rings. The van der Waals surface area contributed by atoms with E-state index in [1.165, 1.54) is 25.7 Å². The van der Waals surface area contributed by atoms with Gasteiger partial charge in [-0.1, -0.05) is 13.8 Å². The number of hydrogen-bond donors (Lipinski definition) is 2. The topological polar surface area (TPSA) is 49.3 Å². The van der Waals surface area contributed by atoms with E-state index in [-0.39, 0.29) is 6.42 Å². The van der Waals surface area contributed by atoms with E-state index >= 15 is 0 Å². The Hall–Kier alpha value is -0.570. The summed E-state index contributed by atoms with van der Waals surface area (Å²) < 4.78 is 0. The van der Waals surface area contributed by atoms with Gasteiger partial charge in [0, 0.05) is 12.5 Å². The fraction of sp³-hybridized carbons (Fsp3) is 0.917. The van der Waals surface area contributed by atoms with E-state index in [0.29, 0.717) is 11.5 Å². The van der Waals surface area contributed by atoms with Gasteiger partial charge in [0.2, 0.25) is 0 Å². The van der Waals surface area contributed by atoms with Gasteiger partial charge in [-0.3, -0.25) is 4.79 Å². The van der Waals surface area contributed by atoms with Crippen molar-refractivity contribution in [1.82, 2.24) is 5.32 Å². The van der Waals surface area contributed by atoms with E-state index in [0.717, 1.165) is 13.0 Å². The van der Waals surface area contributed by atoms with Gasteiger partial charge in [-0.25, -0.2) is 0 Å². The molecule has 0 bridgehead atoms. The van der Waals surface area contributed by atoms with Crippen LogP contribution in [-0.4, -0.2) is 23.7 Å². The van der Waals surface area contributed by atoms with E-state index in [9.17, 15) is 4.79 Å². The van der Waals surface area contributed by atoms with Crippen molar-refractivity contribution >= 4 is 5.97 Å². The van der Waals surface area contributed by atoms with Crippen LogP contribution in [0.3, 0.4) is 0 Å². The Kier molecular flexibility index (Phi) is 4.58. The van der Waals surface area contributed by atoms with Gasteiger partial charge >= 0.3 is 5.97 Å². The maximum atomic E-state index is 10.3. The maximum Gasteiger partial charge on any atom is 0.303 e. The largest absolute Gasteiger partial charge is 0.481 e. The van der Waals surface area contributed by atoms with Crippen molar-refractivity contribution in [3.05, 3.63) is 0 Å². The molecule has 88 valence electrons. The minimum atomic E-state index is -0.693. The average Bonchev–Trinajstić information content (AvgIpc) is 2.14. The lowest BCUT2D eigenvalue weighted by Gasteiger charge is -2.34. The fourth-order valence-corrected chi connectivity index (χ4v) is 2.15. The third kappa shape index (κ3) is 5.17. The van der Waals surface area contributed by atoms with Gasteiger partial charge in [0.15, 0.2) is 0 Å². The van der Waals surface area contributed by atoms with Crippen molar-refractivity contribution in [1.29, 1.82) is 0 Å². The van der Waals surface area contributed by atoms with Gasteiger partial charge in [-0.15, -0.1) is 0 Å². The second-order valence-corrected chi connectivity index (χ2v) is 5.39. The van der Waals surface area contributed by atoms with Crippen LogP contribution in [-0.2, 0) is 4.79 Å². The second kappa shape index (κ2) is 5.50. The van der Waals surface area contributed by atoms with Crippen molar-refractivity contribution in [2.24, 2.45) is 5.41 Å². The van der Waals surface area contributed by atoms with Crippen LogP contribution in [0.5, 0.6) is 0 Å². The number of carbonyl (C=O) groups is 1. The lowest BCUT2D eigenvalue weighted by Crippen LogP contribution is -2.36. The van der Waals surface area contributed by atoms with Gasteiger partial charge in [0.1, 0.15) is 0 Å². The summed E-state index contributed by atoms with van der Waals surface area (Å²) in [5.41, 5.74) is 0.513. The first-order chi connectivity index (χ1) is 6.99. The minimum Gasteiger partial charge on any atom is -0.481 e.